The van der Waals surface area contributed by atoms with Gasteiger partial charge in [-0.05, 0) is 38.0 Å². The summed E-state index contributed by atoms with van der Waals surface area (Å²) in [6.07, 6.45) is 4.00. The summed E-state index contributed by atoms with van der Waals surface area (Å²) < 4.78 is 15.4. The zero-order chi connectivity index (χ0) is 20.6. The van der Waals surface area contributed by atoms with Crippen LogP contribution in [-0.4, -0.2) is 43.5 Å². The van der Waals surface area contributed by atoms with Crippen LogP contribution in [0.2, 0.25) is 0 Å². The van der Waals surface area contributed by atoms with E-state index in [0.717, 1.165) is 19.3 Å². The number of hydrogen-bond donors (Lipinski definition) is 1. The van der Waals surface area contributed by atoms with Gasteiger partial charge in [0.25, 0.3) is 5.91 Å². The molecule has 1 amide bonds. The van der Waals surface area contributed by atoms with E-state index in [1.165, 1.54) is 26.2 Å². The molecule has 1 aromatic carbocycles. The van der Waals surface area contributed by atoms with Gasteiger partial charge in [-0.3, -0.25) is 9.59 Å². The zero-order valence-corrected chi connectivity index (χ0v) is 16.1. The quantitative estimate of drug-likeness (QED) is 0.536. The lowest BCUT2D eigenvalue weighted by Crippen LogP contribution is -2.50. The van der Waals surface area contributed by atoms with Crippen LogP contribution in [0.15, 0.2) is 18.2 Å². The summed E-state index contributed by atoms with van der Waals surface area (Å²) in [5, 5.41) is 12.0. The van der Waals surface area contributed by atoms with Crippen LogP contribution in [0.25, 0.3) is 0 Å². The van der Waals surface area contributed by atoms with Crippen molar-refractivity contribution in [2.45, 2.75) is 44.6 Å². The molecule has 150 valence electrons. The SMILES string of the molecule is COc1cc(C(C)=O)ccc1OCC(=O)OCC(=O)NC1(C#N)CCCCC1. The third-order valence-electron chi connectivity index (χ3n) is 4.58. The maximum atomic E-state index is 12.0. The fourth-order valence-corrected chi connectivity index (χ4v) is 3.05. The Labute approximate surface area is 163 Å². The van der Waals surface area contributed by atoms with Crippen LogP contribution in [0.4, 0.5) is 0 Å². The summed E-state index contributed by atoms with van der Waals surface area (Å²) in [6, 6.07) is 6.77. The number of carbonyl (C=O) groups is 3. The van der Waals surface area contributed by atoms with Gasteiger partial charge in [0.1, 0.15) is 5.54 Å². The van der Waals surface area contributed by atoms with Crippen molar-refractivity contribution >= 4 is 17.7 Å². The third kappa shape index (κ3) is 5.71. The first-order valence-electron chi connectivity index (χ1n) is 9.09. The molecule has 1 aliphatic carbocycles. The van der Waals surface area contributed by atoms with Crippen molar-refractivity contribution in [2.75, 3.05) is 20.3 Å². The Balaban J connectivity index is 1.82. The first kappa shape index (κ1) is 21.2. The Kier molecular flexibility index (Phi) is 7.38. The molecule has 1 fully saturated rings. The van der Waals surface area contributed by atoms with E-state index >= 15 is 0 Å². The maximum Gasteiger partial charge on any atom is 0.344 e. The lowest BCUT2D eigenvalue weighted by atomic mass is 9.83. The molecule has 1 N–H and O–H groups in total. The van der Waals surface area contributed by atoms with Gasteiger partial charge >= 0.3 is 5.97 Å². The molecular weight excluding hydrogens is 364 g/mol. The molecule has 0 spiro atoms. The molecule has 0 aliphatic heterocycles. The molecule has 0 bridgehead atoms. The Morgan fingerprint density at radius 3 is 2.46 bits per heavy atom. The molecule has 0 heterocycles. The van der Waals surface area contributed by atoms with E-state index in [2.05, 4.69) is 11.4 Å². The number of ketones is 1. The average Bonchev–Trinajstić information content (AvgIpc) is 2.71. The van der Waals surface area contributed by atoms with Crippen LogP contribution in [0.1, 0.15) is 49.4 Å². The number of nitrogens with one attached hydrogen (secondary N) is 1. The van der Waals surface area contributed by atoms with Gasteiger partial charge in [-0.15, -0.1) is 0 Å². The predicted molar refractivity (Wildman–Crippen MR) is 99.0 cm³/mol. The number of methoxy groups -OCH3 is 1. The van der Waals surface area contributed by atoms with Crippen molar-refractivity contribution in [2.24, 2.45) is 0 Å². The number of esters is 1. The average molecular weight is 388 g/mol. The van der Waals surface area contributed by atoms with E-state index in [1.807, 2.05) is 0 Å². The molecule has 28 heavy (non-hydrogen) atoms. The number of Topliss-reactive ketones (excluding diaryl/α,β-unsaturated/α-hetero) is 1. The minimum atomic E-state index is -0.871. The van der Waals surface area contributed by atoms with Crippen molar-refractivity contribution in [1.82, 2.24) is 5.32 Å². The highest BCUT2D eigenvalue weighted by atomic mass is 16.6. The Bertz CT molecular complexity index is 777. The van der Waals surface area contributed by atoms with Gasteiger partial charge < -0.3 is 19.5 Å². The van der Waals surface area contributed by atoms with Crippen LogP contribution in [-0.2, 0) is 14.3 Å². The molecule has 8 nitrogen and oxygen atoms in total. The summed E-state index contributed by atoms with van der Waals surface area (Å²) >= 11 is 0. The smallest absolute Gasteiger partial charge is 0.344 e. The fraction of sp³-hybridized carbons (Fsp3) is 0.500. The van der Waals surface area contributed by atoms with Crippen molar-refractivity contribution in [1.29, 1.82) is 5.26 Å². The number of amides is 1. The maximum absolute atomic E-state index is 12.0. The number of benzene rings is 1. The summed E-state index contributed by atoms with van der Waals surface area (Å²) in [7, 11) is 1.42. The van der Waals surface area contributed by atoms with Crippen LogP contribution in [0.3, 0.4) is 0 Å². The van der Waals surface area contributed by atoms with Crippen LogP contribution in [0.5, 0.6) is 11.5 Å². The summed E-state index contributed by atoms with van der Waals surface area (Å²) in [6.45, 7) is 0.528. The highest BCUT2D eigenvalue weighted by Gasteiger charge is 2.33. The first-order chi connectivity index (χ1) is 13.4. The summed E-state index contributed by atoms with van der Waals surface area (Å²) in [4.78, 5) is 35.3. The van der Waals surface area contributed by atoms with Gasteiger partial charge in [0.15, 0.2) is 30.5 Å². The number of carbonyl (C=O) groups excluding carboxylic acids is 3. The summed E-state index contributed by atoms with van der Waals surface area (Å²) in [5.74, 6) is -0.780. The minimum absolute atomic E-state index is 0.122. The van der Waals surface area contributed by atoms with Crippen molar-refractivity contribution < 1.29 is 28.6 Å². The number of nitriles is 1. The largest absolute Gasteiger partial charge is 0.493 e. The molecule has 8 heteroatoms. The second kappa shape index (κ2) is 9.74. The van der Waals surface area contributed by atoms with Gasteiger partial charge in [0, 0.05) is 5.56 Å². The van der Waals surface area contributed by atoms with Gasteiger partial charge in [-0.1, -0.05) is 19.3 Å². The second-order valence-corrected chi connectivity index (χ2v) is 6.67. The molecule has 0 aromatic heterocycles. The Hall–Kier alpha value is -3.08. The standard InChI is InChI=1S/C20H24N2O6/c1-14(23)15-6-7-16(17(10-15)26-2)27-12-19(25)28-11-18(24)22-20(13-21)8-4-3-5-9-20/h6-7,10H,3-5,8-9,11-12H2,1-2H3,(H,22,24). The topological polar surface area (TPSA) is 115 Å². The molecule has 1 aromatic rings. The predicted octanol–water partition coefficient (Wildman–Crippen LogP) is 2.16. The summed E-state index contributed by atoms with van der Waals surface area (Å²) in [5.41, 5.74) is -0.415. The van der Waals surface area contributed by atoms with Gasteiger partial charge in [0.05, 0.1) is 13.2 Å². The second-order valence-electron chi connectivity index (χ2n) is 6.67. The van der Waals surface area contributed by atoms with Crippen LogP contribution >= 0.6 is 0 Å². The zero-order valence-electron chi connectivity index (χ0n) is 16.1. The monoisotopic (exact) mass is 388 g/mol. The Morgan fingerprint density at radius 1 is 1.14 bits per heavy atom. The lowest BCUT2D eigenvalue weighted by molar-refractivity contribution is -0.150. The molecule has 1 aliphatic rings. The number of rotatable bonds is 8. The van der Waals surface area contributed by atoms with Crippen molar-refractivity contribution in [3.8, 4) is 17.6 Å². The highest BCUT2D eigenvalue weighted by molar-refractivity contribution is 5.94. The molecular formula is C20H24N2O6. The molecule has 0 unspecified atom stereocenters. The van der Waals surface area contributed by atoms with Gasteiger partial charge in [-0.25, -0.2) is 4.79 Å². The lowest BCUT2D eigenvalue weighted by Gasteiger charge is -2.31. The molecule has 1 saturated carbocycles. The third-order valence-corrected chi connectivity index (χ3v) is 4.58. The van der Waals surface area contributed by atoms with E-state index in [0.29, 0.717) is 24.2 Å². The molecule has 0 radical (unpaired) electrons. The first-order valence-corrected chi connectivity index (χ1v) is 9.09. The van der Waals surface area contributed by atoms with Crippen LogP contribution < -0.4 is 14.8 Å². The normalized spacial score (nSPS) is 15.0. The van der Waals surface area contributed by atoms with E-state index in [4.69, 9.17) is 14.2 Å². The molecule has 0 atom stereocenters. The van der Waals surface area contributed by atoms with E-state index in [9.17, 15) is 19.6 Å². The van der Waals surface area contributed by atoms with Gasteiger partial charge in [0.2, 0.25) is 0 Å². The number of hydrogen-bond acceptors (Lipinski definition) is 7. The van der Waals surface area contributed by atoms with E-state index in [1.54, 1.807) is 6.07 Å². The number of nitrogens with zero attached hydrogens (tertiary/aromatic N) is 1. The Morgan fingerprint density at radius 2 is 1.86 bits per heavy atom. The van der Waals surface area contributed by atoms with Crippen LogP contribution in [0, 0.1) is 11.3 Å². The van der Waals surface area contributed by atoms with Crippen molar-refractivity contribution in [3.05, 3.63) is 23.8 Å². The highest BCUT2D eigenvalue weighted by Crippen LogP contribution is 2.28. The van der Waals surface area contributed by atoms with Gasteiger partial charge in [-0.2, -0.15) is 5.26 Å². The molecule has 0 saturated heterocycles. The van der Waals surface area contributed by atoms with Crippen molar-refractivity contribution in [3.63, 3.8) is 0 Å². The number of ether oxygens (including phenoxy) is 3. The minimum Gasteiger partial charge on any atom is -0.493 e. The molecule has 2 rings (SSSR count). The van der Waals surface area contributed by atoms with E-state index in [-0.39, 0.29) is 11.5 Å². The fourth-order valence-electron chi connectivity index (χ4n) is 3.05. The van der Waals surface area contributed by atoms with E-state index < -0.39 is 30.6 Å².